The minimum atomic E-state index is 0.512. The van der Waals surface area contributed by atoms with Gasteiger partial charge in [0.1, 0.15) is 6.07 Å². The first-order valence-corrected chi connectivity index (χ1v) is 6.68. The molecular weight excluding hydrogens is 222 g/mol. The summed E-state index contributed by atoms with van der Waals surface area (Å²) in [5, 5.41) is 12.5. The smallest absolute Gasteiger partial charge is 0.101 e. The number of piperidine rings is 1. The van der Waals surface area contributed by atoms with Gasteiger partial charge in [-0.15, -0.1) is 0 Å². The summed E-state index contributed by atoms with van der Waals surface area (Å²) >= 11 is 0. The lowest BCUT2D eigenvalue weighted by molar-refractivity contribution is 0.446. The van der Waals surface area contributed by atoms with Gasteiger partial charge >= 0.3 is 0 Å². The first-order valence-electron chi connectivity index (χ1n) is 6.68. The molecule has 3 heteroatoms. The molecule has 0 spiro atoms. The number of benzene rings is 1. The highest BCUT2D eigenvalue weighted by molar-refractivity contribution is 5.61. The van der Waals surface area contributed by atoms with E-state index in [-0.39, 0.29) is 0 Å². The van der Waals surface area contributed by atoms with Crippen LogP contribution in [0.5, 0.6) is 0 Å². The molecule has 0 amide bonds. The second-order valence-corrected chi connectivity index (χ2v) is 5.03. The van der Waals surface area contributed by atoms with Crippen molar-refractivity contribution in [3.8, 4) is 6.07 Å². The van der Waals surface area contributed by atoms with E-state index in [4.69, 9.17) is 0 Å². The Labute approximate surface area is 109 Å². The van der Waals surface area contributed by atoms with Gasteiger partial charge in [0.2, 0.25) is 0 Å². The normalized spacial score (nSPS) is 19.6. The maximum absolute atomic E-state index is 9.26. The molecule has 96 valence electrons. The molecule has 1 saturated heterocycles. The number of nitriles is 1. The van der Waals surface area contributed by atoms with E-state index in [1.165, 1.54) is 24.8 Å². The molecule has 1 aromatic rings. The van der Waals surface area contributed by atoms with Crippen molar-refractivity contribution < 1.29 is 0 Å². The molecule has 1 aromatic carbocycles. The molecule has 1 aliphatic rings. The largest absolute Gasteiger partial charge is 0.366 e. The van der Waals surface area contributed by atoms with Crippen molar-refractivity contribution in [1.82, 2.24) is 5.32 Å². The van der Waals surface area contributed by atoms with E-state index in [2.05, 4.69) is 29.3 Å². The van der Waals surface area contributed by atoms with Gasteiger partial charge in [0.15, 0.2) is 0 Å². The monoisotopic (exact) mass is 243 g/mol. The zero-order valence-corrected chi connectivity index (χ0v) is 11.2. The van der Waals surface area contributed by atoms with Gasteiger partial charge < -0.3 is 10.2 Å². The molecule has 3 nitrogen and oxygen atoms in total. The number of rotatable bonds is 3. The predicted molar refractivity (Wildman–Crippen MR) is 74.8 cm³/mol. The fourth-order valence-electron chi connectivity index (χ4n) is 2.74. The molecule has 0 aromatic heterocycles. The summed E-state index contributed by atoms with van der Waals surface area (Å²) in [4.78, 5) is 2.41. The van der Waals surface area contributed by atoms with Crippen molar-refractivity contribution in [2.75, 3.05) is 25.0 Å². The molecule has 0 saturated carbocycles. The van der Waals surface area contributed by atoms with Gasteiger partial charge in [-0.2, -0.15) is 5.26 Å². The number of hydrogen-bond acceptors (Lipinski definition) is 3. The van der Waals surface area contributed by atoms with Crippen LogP contribution in [-0.2, 0) is 0 Å². The Kier molecular flexibility index (Phi) is 4.22. The van der Waals surface area contributed by atoms with Crippen LogP contribution >= 0.6 is 0 Å². The van der Waals surface area contributed by atoms with E-state index in [0.717, 1.165) is 24.3 Å². The fourth-order valence-corrected chi connectivity index (χ4v) is 2.74. The molecule has 1 unspecified atom stereocenters. The summed E-state index contributed by atoms with van der Waals surface area (Å²) in [7, 11) is 1.99. The Morgan fingerprint density at radius 1 is 1.44 bits per heavy atom. The summed E-state index contributed by atoms with van der Waals surface area (Å²) in [5.41, 5.74) is 3.12. The van der Waals surface area contributed by atoms with Crippen LogP contribution in [0, 0.1) is 18.3 Å². The summed E-state index contributed by atoms with van der Waals surface area (Å²) in [6.45, 7) is 4.13. The van der Waals surface area contributed by atoms with Crippen LogP contribution in [0.4, 0.5) is 5.69 Å². The van der Waals surface area contributed by atoms with Crippen molar-refractivity contribution in [3.63, 3.8) is 0 Å². The lowest BCUT2D eigenvalue weighted by Crippen LogP contribution is -2.45. The maximum atomic E-state index is 9.26. The Balaban J connectivity index is 2.33. The van der Waals surface area contributed by atoms with Crippen LogP contribution in [0.15, 0.2) is 18.2 Å². The number of likely N-dealkylation sites (N-methyl/N-ethyl adjacent to an activating group) is 1. The first kappa shape index (κ1) is 12.9. The van der Waals surface area contributed by atoms with Gasteiger partial charge in [0.25, 0.3) is 0 Å². The van der Waals surface area contributed by atoms with Gasteiger partial charge in [-0.25, -0.2) is 0 Å². The Morgan fingerprint density at radius 3 is 3.00 bits per heavy atom. The van der Waals surface area contributed by atoms with Gasteiger partial charge in [0.05, 0.1) is 11.3 Å². The van der Waals surface area contributed by atoms with Gasteiger partial charge in [-0.05, 0) is 50.9 Å². The van der Waals surface area contributed by atoms with Gasteiger partial charge in [-0.3, -0.25) is 0 Å². The molecule has 18 heavy (non-hydrogen) atoms. The minimum Gasteiger partial charge on any atom is -0.366 e. The zero-order valence-electron chi connectivity index (χ0n) is 11.2. The second kappa shape index (κ2) is 5.88. The molecule has 1 fully saturated rings. The van der Waals surface area contributed by atoms with Crippen molar-refractivity contribution in [2.24, 2.45) is 0 Å². The molecule has 1 aliphatic heterocycles. The van der Waals surface area contributed by atoms with Crippen molar-refractivity contribution in [3.05, 3.63) is 29.3 Å². The Morgan fingerprint density at radius 2 is 2.28 bits per heavy atom. The molecule has 0 radical (unpaired) electrons. The van der Waals surface area contributed by atoms with Crippen LogP contribution in [0.1, 0.15) is 30.4 Å². The molecule has 1 heterocycles. The topological polar surface area (TPSA) is 39.1 Å². The molecule has 1 atom stereocenters. The summed E-state index contributed by atoms with van der Waals surface area (Å²) in [6, 6.07) is 8.93. The Bertz CT molecular complexity index is 446. The third-order valence-corrected chi connectivity index (χ3v) is 3.65. The third-order valence-electron chi connectivity index (χ3n) is 3.65. The van der Waals surface area contributed by atoms with E-state index >= 15 is 0 Å². The average molecular weight is 243 g/mol. The summed E-state index contributed by atoms with van der Waals surface area (Å²) in [6.07, 6.45) is 3.72. The van der Waals surface area contributed by atoms with Crippen LogP contribution in [0.3, 0.4) is 0 Å². The van der Waals surface area contributed by atoms with Gasteiger partial charge in [0, 0.05) is 19.1 Å². The minimum absolute atomic E-state index is 0.512. The number of hydrogen-bond donors (Lipinski definition) is 1. The van der Waals surface area contributed by atoms with E-state index in [9.17, 15) is 5.26 Å². The van der Waals surface area contributed by atoms with Crippen molar-refractivity contribution in [2.45, 2.75) is 32.2 Å². The molecule has 1 N–H and O–H groups in total. The maximum Gasteiger partial charge on any atom is 0.101 e. The highest BCUT2D eigenvalue weighted by atomic mass is 15.2. The second-order valence-electron chi connectivity index (χ2n) is 5.03. The average Bonchev–Trinajstić information content (AvgIpc) is 2.40. The standard InChI is InChI=1S/C15H21N3/c1-12-6-7-13(10-16)15(9-12)18-8-4-3-5-14(18)11-17-2/h6-7,9,14,17H,3-5,8,11H2,1-2H3. The van der Waals surface area contributed by atoms with Crippen LogP contribution in [-0.4, -0.2) is 26.2 Å². The third kappa shape index (κ3) is 2.65. The highest BCUT2D eigenvalue weighted by Crippen LogP contribution is 2.28. The SMILES string of the molecule is CNCC1CCCCN1c1cc(C)ccc1C#N. The van der Waals surface area contributed by atoms with E-state index in [1.54, 1.807) is 0 Å². The molecule has 0 bridgehead atoms. The molecule has 2 rings (SSSR count). The lowest BCUT2D eigenvalue weighted by Gasteiger charge is -2.38. The summed E-state index contributed by atoms with van der Waals surface area (Å²) in [5.74, 6) is 0. The van der Waals surface area contributed by atoms with E-state index < -0.39 is 0 Å². The van der Waals surface area contributed by atoms with Crippen molar-refractivity contribution >= 4 is 5.69 Å². The van der Waals surface area contributed by atoms with Crippen LogP contribution in [0.25, 0.3) is 0 Å². The van der Waals surface area contributed by atoms with Gasteiger partial charge in [-0.1, -0.05) is 6.07 Å². The highest BCUT2D eigenvalue weighted by Gasteiger charge is 2.23. The number of nitrogens with zero attached hydrogens (tertiary/aromatic N) is 2. The van der Waals surface area contributed by atoms with E-state index in [1.807, 2.05) is 19.2 Å². The zero-order chi connectivity index (χ0) is 13.0. The van der Waals surface area contributed by atoms with Crippen molar-refractivity contribution in [1.29, 1.82) is 5.26 Å². The van der Waals surface area contributed by atoms with E-state index in [0.29, 0.717) is 6.04 Å². The quantitative estimate of drug-likeness (QED) is 0.886. The number of nitrogens with one attached hydrogen (secondary N) is 1. The predicted octanol–water partition coefficient (Wildman–Crippen LogP) is 2.45. The number of anilines is 1. The number of aryl methyl sites for hydroxylation is 1. The Hall–Kier alpha value is -1.53. The van der Waals surface area contributed by atoms with Crippen LogP contribution in [0.2, 0.25) is 0 Å². The molecule has 0 aliphatic carbocycles. The first-order chi connectivity index (χ1) is 8.76. The van der Waals surface area contributed by atoms with Crippen LogP contribution < -0.4 is 10.2 Å². The summed E-state index contributed by atoms with van der Waals surface area (Å²) < 4.78 is 0. The lowest BCUT2D eigenvalue weighted by atomic mass is 9.99. The fraction of sp³-hybridized carbons (Fsp3) is 0.533. The molecular formula is C15H21N3.